The van der Waals surface area contributed by atoms with E-state index < -0.39 is 0 Å². The summed E-state index contributed by atoms with van der Waals surface area (Å²) in [7, 11) is 0. The van der Waals surface area contributed by atoms with E-state index in [4.69, 9.17) is 0 Å². The number of nitrogens with one attached hydrogen (secondary N) is 2. The third-order valence-corrected chi connectivity index (χ3v) is 6.00. The third kappa shape index (κ3) is 3.16. The number of fused-ring (bicyclic) bond motifs is 2. The van der Waals surface area contributed by atoms with E-state index in [9.17, 15) is 4.79 Å². The standard InChI is InChI=1S/C23H24N6O/c1-14-8-9-20-19(11-24-27-20)22(14)18-7-3-6-17-21(12-25-28-23(17)18)26-16-5-4-10-29(13-16)15(2)30/h3,6-9,11-12,16H,4-5,10,13H2,1-2H3,(H,24,27)(H,26,28). The van der Waals surface area contributed by atoms with Gasteiger partial charge in [-0.1, -0.05) is 24.3 Å². The molecule has 0 saturated carbocycles. The molecule has 0 radical (unpaired) electrons. The number of aromatic nitrogens is 4. The topological polar surface area (TPSA) is 86.8 Å². The molecule has 7 nitrogen and oxygen atoms in total. The van der Waals surface area contributed by atoms with Crippen LogP contribution in [0.25, 0.3) is 32.9 Å². The Morgan fingerprint density at radius 1 is 1.20 bits per heavy atom. The number of anilines is 1. The van der Waals surface area contributed by atoms with Crippen molar-refractivity contribution in [1.29, 1.82) is 0 Å². The Morgan fingerprint density at radius 2 is 2.10 bits per heavy atom. The summed E-state index contributed by atoms with van der Waals surface area (Å²) in [4.78, 5) is 13.7. The van der Waals surface area contributed by atoms with Crippen LogP contribution in [0, 0.1) is 6.92 Å². The van der Waals surface area contributed by atoms with Crippen LogP contribution in [0.15, 0.2) is 42.7 Å². The molecular formula is C23H24N6O. The van der Waals surface area contributed by atoms with E-state index in [0.717, 1.165) is 58.0 Å². The molecule has 0 bridgehead atoms. The summed E-state index contributed by atoms with van der Waals surface area (Å²) in [6, 6.07) is 10.6. The minimum Gasteiger partial charge on any atom is -0.379 e. The second-order valence-electron chi connectivity index (χ2n) is 8.00. The van der Waals surface area contributed by atoms with Gasteiger partial charge in [0.25, 0.3) is 0 Å². The predicted molar refractivity (Wildman–Crippen MR) is 118 cm³/mol. The van der Waals surface area contributed by atoms with Crippen LogP contribution >= 0.6 is 0 Å². The number of likely N-dealkylation sites (tertiary alicyclic amines) is 1. The van der Waals surface area contributed by atoms with Crippen molar-refractivity contribution in [3.8, 4) is 11.1 Å². The van der Waals surface area contributed by atoms with Gasteiger partial charge in [-0.2, -0.15) is 10.2 Å². The normalized spacial score (nSPS) is 16.9. The van der Waals surface area contributed by atoms with Crippen molar-refractivity contribution in [3.63, 3.8) is 0 Å². The molecule has 1 amide bonds. The van der Waals surface area contributed by atoms with Crippen LogP contribution in [-0.2, 0) is 4.79 Å². The molecule has 1 unspecified atom stereocenters. The average molecular weight is 400 g/mol. The number of amides is 1. The molecule has 2 aromatic carbocycles. The Labute approximate surface area is 174 Å². The predicted octanol–water partition coefficient (Wildman–Crippen LogP) is 3.90. The number of piperidine rings is 1. The van der Waals surface area contributed by atoms with E-state index in [1.807, 2.05) is 11.1 Å². The number of carbonyl (C=O) groups excluding carboxylic acids is 1. The molecule has 30 heavy (non-hydrogen) atoms. The number of benzene rings is 2. The van der Waals surface area contributed by atoms with Crippen molar-refractivity contribution in [2.75, 3.05) is 18.4 Å². The maximum absolute atomic E-state index is 11.8. The van der Waals surface area contributed by atoms with Crippen LogP contribution in [0.4, 0.5) is 5.69 Å². The van der Waals surface area contributed by atoms with E-state index >= 15 is 0 Å². The number of carbonyl (C=O) groups is 1. The monoisotopic (exact) mass is 400 g/mol. The molecule has 3 heterocycles. The van der Waals surface area contributed by atoms with E-state index in [1.165, 1.54) is 5.56 Å². The number of hydrogen-bond donors (Lipinski definition) is 2. The summed E-state index contributed by atoms with van der Waals surface area (Å²) in [6.45, 7) is 5.29. The fraction of sp³-hybridized carbons (Fsp3) is 0.304. The summed E-state index contributed by atoms with van der Waals surface area (Å²) in [5.74, 6) is 0.130. The maximum Gasteiger partial charge on any atom is 0.219 e. The highest BCUT2D eigenvalue weighted by atomic mass is 16.2. The van der Waals surface area contributed by atoms with Crippen LogP contribution in [0.3, 0.4) is 0 Å². The van der Waals surface area contributed by atoms with Crippen LogP contribution in [-0.4, -0.2) is 50.3 Å². The Morgan fingerprint density at radius 3 is 2.97 bits per heavy atom. The van der Waals surface area contributed by atoms with Crippen molar-refractivity contribution in [2.24, 2.45) is 0 Å². The van der Waals surface area contributed by atoms with E-state index in [-0.39, 0.29) is 11.9 Å². The van der Waals surface area contributed by atoms with Gasteiger partial charge < -0.3 is 10.2 Å². The number of aryl methyl sites for hydroxylation is 1. The fourth-order valence-corrected chi connectivity index (χ4v) is 4.48. The van der Waals surface area contributed by atoms with Crippen molar-refractivity contribution >= 4 is 33.4 Å². The molecular weight excluding hydrogens is 376 g/mol. The second kappa shape index (κ2) is 7.40. The zero-order valence-corrected chi connectivity index (χ0v) is 17.1. The molecule has 1 aliphatic rings. The lowest BCUT2D eigenvalue weighted by molar-refractivity contribution is -0.129. The van der Waals surface area contributed by atoms with Gasteiger partial charge in [-0.05, 0) is 37.0 Å². The Bertz CT molecular complexity index is 1250. The first-order valence-corrected chi connectivity index (χ1v) is 10.3. The third-order valence-electron chi connectivity index (χ3n) is 6.00. The number of nitrogens with zero attached hydrogens (tertiary/aromatic N) is 4. The zero-order valence-electron chi connectivity index (χ0n) is 17.1. The Balaban J connectivity index is 1.58. The Kier molecular flexibility index (Phi) is 4.58. The molecule has 1 fully saturated rings. The first-order chi connectivity index (χ1) is 14.6. The smallest absolute Gasteiger partial charge is 0.219 e. The molecule has 2 aromatic heterocycles. The summed E-state index contributed by atoms with van der Waals surface area (Å²) in [5.41, 5.74) is 6.15. The zero-order chi connectivity index (χ0) is 20.7. The highest BCUT2D eigenvalue weighted by molar-refractivity contribution is 6.06. The van der Waals surface area contributed by atoms with Gasteiger partial charge in [-0.25, -0.2) is 0 Å². The quantitative estimate of drug-likeness (QED) is 0.545. The minimum absolute atomic E-state index is 0.130. The van der Waals surface area contributed by atoms with Gasteiger partial charge in [0, 0.05) is 42.4 Å². The molecule has 5 rings (SSSR count). The summed E-state index contributed by atoms with van der Waals surface area (Å²) in [6.07, 6.45) is 5.68. The van der Waals surface area contributed by atoms with Crippen molar-refractivity contribution in [1.82, 2.24) is 25.3 Å². The van der Waals surface area contributed by atoms with Gasteiger partial charge in [0.05, 0.1) is 23.6 Å². The highest BCUT2D eigenvalue weighted by Gasteiger charge is 2.22. The van der Waals surface area contributed by atoms with Crippen molar-refractivity contribution < 1.29 is 4.79 Å². The van der Waals surface area contributed by atoms with Gasteiger partial charge in [-0.3, -0.25) is 9.89 Å². The summed E-state index contributed by atoms with van der Waals surface area (Å²) < 4.78 is 0. The van der Waals surface area contributed by atoms with Gasteiger partial charge in [0.2, 0.25) is 5.91 Å². The maximum atomic E-state index is 11.8. The van der Waals surface area contributed by atoms with Gasteiger partial charge >= 0.3 is 0 Å². The van der Waals surface area contributed by atoms with Crippen LogP contribution < -0.4 is 5.32 Å². The first-order valence-electron chi connectivity index (χ1n) is 10.3. The van der Waals surface area contributed by atoms with Crippen molar-refractivity contribution in [3.05, 3.63) is 48.3 Å². The fourth-order valence-electron chi connectivity index (χ4n) is 4.48. The lowest BCUT2D eigenvalue weighted by Gasteiger charge is -2.33. The number of rotatable bonds is 3. The van der Waals surface area contributed by atoms with E-state index in [2.05, 4.69) is 63.0 Å². The first kappa shape index (κ1) is 18.5. The highest BCUT2D eigenvalue weighted by Crippen LogP contribution is 2.36. The molecule has 1 atom stereocenters. The van der Waals surface area contributed by atoms with Gasteiger partial charge in [-0.15, -0.1) is 5.10 Å². The largest absolute Gasteiger partial charge is 0.379 e. The second-order valence-corrected chi connectivity index (χ2v) is 8.00. The molecule has 0 aliphatic carbocycles. The van der Waals surface area contributed by atoms with Crippen LogP contribution in [0.1, 0.15) is 25.3 Å². The van der Waals surface area contributed by atoms with E-state index in [0.29, 0.717) is 6.54 Å². The van der Waals surface area contributed by atoms with Crippen LogP contribution in [0.5, 0.6) is 0 Å². The molecule has 7 heteroatoms. The number of hydrogen-bond acceptors (Lipinski definition) is 5. The molecule has 152 valence electrons. The summed E-state index contributed by atoms with van der Waals surface area (Å²) in [5, 5.41) is 21.8. The molecule has 1 aliphatic heterocycles. The molecule has 2 N–H and O–H groups in total. The molecule has 1 saturated heterocycles. The minimum atomic E-state index is 0.130. The van der Waals surface area contributed by atoms with Gasteiger partial charge in [0.1, 0.15) is 5.52 Å². The number of aromatic amines is 1. The number of H-pyrrole nitrogens is 1. The molecule has 4 aromatic rings. The van der Waals surface area contributed by atoms with Gasteiger partial charge in [0.15, 0.2) is 0 Å². The average Bonchev–Trinajstić information content (AvgIpc) is 3.23. The van der Waals surface area contributed by atoms with Crippen molar-refractivity contribution in [2.45, 2.75) is 32.7 Å². The Hall–Kier alpha value is -3.48. The van der Waals surface area contributed by atoms with E-state index in [1.54, 1.807) is 13.1 Å². The summed E-state index contributed by atoms with van der Waals surface area (Å²) >= 11 is 0. The molecule has 0 spiro atoms. The lowest BCUT2D eigenvalue weighted by atomic mass is 9.95. The SMILES string of the molecule is CC(=O)N1CCCC(Nc2cnnc3c(-c4c(C)ccc5[nH]ncc45)cccc23)C1. The van der Waals surface area contributed by atoms with Crippen LogP contribution in [0.2, 0.25) is 0 Å². The lowest BCUT2D eigenvalue weighted by Crippen LogP contribution is -2.44.